The van der Waals surface area contributed by atoms with Gasteiger partial charge in [0.25, 0.3) is 11.8 Å². The van der Waals surface area contributed by atoms with Crippen molar-refractivity contribution in [1.82, 2.24) is 10.7 Å². The molecule has 0 aliphatic rings. The van der Waals surface area contributed by atoms with Crippen molar-refractivity contribution in [3.05, 3.63) is 82.3 Å². The Bertz CT molecular complexity index is 1010. The zero-order valence-electron chi connectivity index (χ0n) is 14.6. The largest absolute Gasteiger partial charge is 0.340 e. The summed E-state index contributed by atoms with van der Waals surface area (Å²) in [6, 6.07) is 20.1. The van der Waals surface area contributed by atoms with Crippen LogP contribution in [0.25, 0.3) is 10.8 Å². The van der Waals surface area contributed by atoms with Gasteiger partial charge in [0.2, 0.25) is 0 Å². The fraction of sp³-hybridized carbons (Fsp3) is 0.0952. The molecule has 0 saturated carbocycles. The Morgan fingerprint density at radius 2 is 1.70 bits per heavy atom. The molecule has 0 fully saturated rings. The van der Waals surface area contributed by atoms with E-state index in [9.17, 15) is 9.59 Å². The third-order valence-electron chi connectivity index (χ3n) is 4.06. The normalized spacial score (nSPS) is 12.1. The van der Waals surface area contributed by atoms with Crippen molar-refractivity contribution >= 4 is 44.7 Å². The molecule has 2 N–H and O–H groups in total. The predicted octanol–water partition coefficient (Wildman–Crippen LogP) is 3.87. The lowest BCUT2D eigenvalue weighted by Gasteiger charge is -2.12. The van der Waals surface area contributed by atoms with E-state index in [1.54, 1.807) is 31.3 Å². The monoisotopic (exact) mass is 423 g/mol. The number of hydrogen-bond acceptors (Lipinski definition) is 3. The molecule has 3 aromatic rings. The van der Waals surface area contributed by atoms with Crippen molar-refractivity contribution in [1.29, 1.82) is 0 Å². The summed E-state index contributed by atoms with van der Waals surface area (Å²) in [5.74, 6) is -0.727. The molecule has 5 nitrogen and oxygen atoms in total. The number of halogens is 1. The van der Waals surface area contributed by atoms with Gasteiger partial charge in [-0.15, -0.1) is 0 Å². The molecule has 2 amide bonds. The van der Waals surface area contributed by atoms with E-state index in [4.69, 9.17) is 0 Å². The van der Waals surface area contributed by atoms with E-state index in [0.29, 0.717) is 10.0 Å². The molecule has 0 aliphatic carbocycles. The van der Waals surface area contributed by atoms with Crippen LogP contribution in [0, 0.1) is 0 Å². The molecule has 6 heteroatoms. The van der Waals surface area contributed by atoms with Gasteiger partial charge < -0.3 is 5.32 Å². The highest BCUT2D eigenvalue weighted by Crippen LogP contribution is 2.17. The second kappa shape index (κ2) is 8.60. The standard InChI is InChI=1S/C21H18BrN3O2/c1-14(24-21(27)18-11-4-5-12-19(18)22)20(26)25-23-13-16-9-6-8-15-7-2-3-10-17(15)16/h2-14H,1H3,(H,24,27)(H,25,26). The molecule has 136 valence electrons. The minimum atomic E-state index is -0.728. The van der Waals surface area contributed by atoms with Gasteiger partial charge in [-0.1, -0.05) is 54.6 Å². The third-order valence-corrected chi connectivity index (χ3v) is 4.75. The van der Waals surface area contributed by atoms with E-state index >= 15 is 0 Å². The minimum absolute atomic E-state index is 0.330. The van der Waals surface area contributed by atoms with Crippen LogP contribution in [-0.4, -0.2) is 24.1 Å². The SMILES string of the molecule is CC(NC(=O)c1ccccc1Br)C(=O)NN=Cc1cccc2ccccc12. The fourth-order valence-corrected chi connectivity index (χ4v) is 3.08. The molecule has 3 aromatic carbocycles. The number of fused-ring (bicyclic) bond motifs is 1. The fourth-order valence-electron chi connectivity index (χ4n) is 2.61. The summed E-state index contributed by atoms with van der Waals surface area (Å²) in [7, 11) is 0. The van der Waals surface area contributed by atoms with Gasteiger partial charge in [0.05, 0.1) is 11.8 Å². The Morgan fingerprint density at radius 1 is 1.00 bits per heavy atom. The van der Waals surface area contributed by atoms with Crippen molar-refractivity contribution in [3.8, 4) is 0 Å². The van der Waals surface area contributed by atoms with E-state index < -0.39 is 11.9 Å². The van der Waals surface area contributed by atoms with E-state index in [-0.39, 0.29) is 5.91 Å². The lowest BCUT2D eigenvalue weighted by Crippen LogP contribution is -2.43. The van der Waals surface area contributed by atoms with Crippen LogP contribution in [0.4, 0.5) is 0 Å². The van der Waals surface area contributed by atoms with Crippen LogP contribution in [0.5, 0.6) is 0 Å². The summed E-state index contributed by atoms with van der Waals surface area (Å²) < 4.78 is 0.670. The third kappa shape index (κ3) is 4.60. The highest BCUT2D eigenvalue weighted by molar-refractivity contribution is 9.10. The molecule has 3 rings (SSSR count). The van der Waals surface area contributed by atoms with Crippen molar-refractivity contribution in [3.63, 3.8) is 0 Å². The van der Waals surface area contributed by atoms with Gasteiger partial charge in [0, 0.05) is 10.0 Å². The maximum Gasteiger partial charge on any atom is 0.262 e. The molecule has 0 spiro atoms. The van der Waals surface area contributed by atoms with Crippen LogP contribution >= 0.6 is 15.9 Å². The Kier molecular flexibility index (Phi) is 5.98. The van der Waals surface area contributed by atoms with Crippen LogP contribution in [0.3, 0.4) is 0 Å². The number of nitrogens with one attached hydrogen (secondary N) is 2. The van der Waals surface area contributed by atoms with Crippen molar-refractivity contribution < 1.29 is 9.59 Å². The number of rotatable bonds is 5. The Balaban J connectivity index is 1.62. The Hall–Kier alpha value is -2.99. The molecule has 0 aromatic heterocycles. The van der Waals surface area contributed by atoms with Crippen molar-refractivity contribution in [2.45, 2.75) is 13.0 Å². The van der Waals surface area contributed by atoms with Crippen LogP contribution < -0.4 is 10.7 Å². The maximum absolute atomic E-state index is 12.3. The van der Waals surface area contributed by atoms with E-state index in [2.05, 4.69) is 31.8 Å². The zero-order valence-corrected chi connectivity index (χ0v) is 16.2. The molecule has 1 atom stereocenters. The summed E-state index contributed by atoms with van der Waals surface area (Å²) in [5, 5.41) is 8.83. The van der Waals surface area contributed by atoms with Crippen LogP contribution in [-0.2, 0) is 4.79 Å². The second-order valence-corrected chi connectivity index (χ2v) is 6.83. The molecule has 0 radical (unpaired) electrons. The summed E-state index contributed by atoms with van der Waals surface area (Å²) >= 11 is 3.33. The number of nitrogens with zero attached hydrogens (tertiary/aromatic N) is 1. The van der Waals surface area contributed by atoms with Crippen molar-refractivity contribution in [2.75, 3.05) is 0 Å². The van der Waals surface area contributed by atoms with Crippen molar-refractivity contribution in [2.24, 2.45) is 5.10 Å². The maximum atomic E-state index is 12.3. The summed E-state index contributed by atoms with van der Waals surface area (Å²) in [6.07, 6.45) is 1.60. The summed E-state index contributed by atoms with van der Waals surface area (Å²) in [5.41, 5.74) is 3.84. The zero-order chi connectivity index (χ0) is 19.2. The number of amides is 2. The van der Waals surface area contributed by atoms with Gasteiger partial charge in [-0.2, -0.15) is 5.10 Å². The second-order valence-electron chi connectivity index (χ2n) is 5.98. The molecule has 0 aliphatic heterocycles. The Morgan fingerprint density at radius 3 is 2.52 bits per heavy atom. The molecule has 0 saturated heterocycles. The predicted molar refractivity (Wildman–Crippen MR) is 111 cm³/mol. The minimum Gasteiger partial charge on any atom is -0.340 e. The Labute approximate surface area is 165 Å². The number of carbonyl (C=O) groups is 2. The lowest BCUT2D eigenvalue weighted by atomic mass is 10.1. The van der Waals surface area contributed by atoms with E-state index in [1.807, 2.05) is 48.5 Å². The van der Waals surface area contributed by atoms with Gasteiger partial charge in [-0.25, -0.2) is 5.43 Å². The van der Waals surface area contributed by atoms with Crippen LogP contribution in [0.15, 0.2) is 76.3 Å². The molecule has 0 bridgehead atoms. The molecular weight excluding hydrogens is 406 g/mol. The van der Waals surface area contributed by atoms with Gasteiger partial charge in [-0.3, -0.25) is 9.59 Å². The number of hydrazone groups is 1. The highest BCUT2D eigenvalue weighted by atomic mass is 79.9. The van der Waals surface area contributed by atoms with Gasteiger partial charge in [0.1, 0.15) is 6.04 Å². The van der Waals surface area contributed by atoms with Gasteiger partial charge in [0.15, 0.2) is 0 Å². The number of hydrogen-bond donors (Lipinski definition) is 2. The average Bonchev–Trinajstić information content (AvgIpc) is 2.68. The first-order valence-corrected chi connectivity index (χ1v) is 9.21. The quantitative estimate of drug-likeness (QED) is 0.482. The van der Waals surface area contributed by atoms with E-state index in [0.717, 1.165) is 16.3 Å². The van der Waals surface area contributed by atoms with Gasteiger partial charge in [-0.05, 0) is 45.8 Å². The molecule has 0 heterocycles. The summed E-state index contributed by atoms with van der Waals surface area (Å²) in [4.78, 5) is 24.5. The smallest absolute Gasteiger partial charge is 0.262 e. The summed E-state index contributed by atoms with van der Waals surface area (Å²) in [6.45, 7) is 1.61. The number of benzene rings is 3. The van der Waals surface area contributed by atoms with E-state index in [1.165, 1.54) is 0 Å². The molecule has 1 unspecified atom stereocenters. The first-order chi connectivity index (χ1) is 13.1. The van der Waals surface area contributed by atoms with Crippen LogP contribution in [0.2, 0.25) is 0 Å². The average molecular weight is 424 g/mol. The first-order valence-electron chi connectivity index (χ1n) is 8.42. The number of carbonyl (C=O) groups excluding carboxylic acids is 2. The lowest BCUT2D eigenvalue weighted by molar-refractivity contribution is -0.122. The highest BCUT2D eigenvalue weighted by Gasteiger charge is 2.17. The van der Waals surface area contributed by atoms with Gasteiger partial charge >= 0.3 is 0 Å². The topological polar surface area (TPSA) is 70.6 Å². The molecule has 27 heavy (non-hydrogen) atoms. The van der Waals surface area contributed by atoms with Crippen LogP contribution in [0.1, 0.15) is 22.8 Å². The first kappa shape index (κ1) is 18.8. The molecular formula is C21H18BrN3O2.